The Hall–Kier alpha value is -1.75. The molecule has 3 amide bonds. The average molecular weight is 336 g/mol. The number of rotatable bonds is 2. The Morgan fingerprint density at radius 1 is 1.35 bits per heavy atom. The number of halogens is 1. The van der Waals surface area contributed by atoms with Crippen LogP contribution in [0.25, 0.3) is 0 Å². The van der Waals surface area contributed by atoms with Crippen LogP contribution in [0, 0.1) is 0 Å². The van der Waals surface area contributed by atoms with Crippen LogP contribution in [-0.2, 0) is 4.79 Å². The highest BCUT2D eigenvalue weighted by Gasteiger charge is 2.42. The second kappa shape index (κ2) is 6.40. The molecule has 1 aromatic carbocycles. The number of urea groups is 1. The van der Waals surface area contributed by atoms with Crippen LogP contribution >= 0.6 is 11.6 Å². The Kier molecular flexibility index (Phi) is 4.48. The van der Waals surface area contributed by atoms with Gasteiger partial charge < -0.3 is 15.1 Å². The number of hydrogen-bond acceptors (Lipinski definition) is 2. The molecule has 2 aliphatic heterocycles. The highest BCUT2D eigenvalue weighted by Crippen LogP contribution is 2.26. The highest BCUT2D eigenvalue weighted by atomic mass is 35.5. The number of nitrogens with zero attached hydrogens (tertiary/aromatic N) is 2. The first-order chi connectivity index (χ1) is 11.0. The van der Waals surface area contributed by atoms with Crippen molar-refractivity contribution in [1.29, 1.82) is 0 Å². The second-order valence-corrected chi connectivity index (χ2v) is 6.82. The van der Waals surface area contributed by atoms with Crippen molar-refractivity contribution in [3.8, 4) is 0 Å². The fourth-order valence-corrected chi connectivity index (χ4v) is 3.56. The van der Waals surface area contributed by atoms with Crippen molar-refractivity contribution in [1.82, 2.24) is 15.1 Å². The normalized spacial score (nSPS) is 25.3. The second-order valence-electron chi connectivity index (χ2n) is 6.38. The summed E-state index contributed by atoms with van der Waals surface area (Å²) in [4.78, 5) is 28.6. The molecule has 3 atom stereocenters. The highest BCUT2D eigenvalue weighted by molar-refractivity contribution is 6.30. The molecule has 2 saturated heterocycles. The molecule has 6 heteroatoms. The summed E-state index contributed by atoms with van der Waals surface area (Å²) in [5.74, 6) is 0.0630. The first-order valence-electron chi connectivity index (χ1n) is 8.10. The van der Waals surface area contributed by atoms with Crippen molar-refractivity contribution in [3.63, 3.8) is 0 Å². The number of hydrogen-bond donors (Lipinski definition) is 1. The van der Waals surface area contributed by atoms with E-state index in [2.05, 4.69) is 5.32 Å². The lowest BCUT2D eigenvalue weighted by Gasteiger charge is -2.41. The van der Waals surface area contributed by atoms with E-state index in [1.807, 2.05) is 43.0 Å². The van der Waals surface area contributed by atoms with Crippen LogP contribution in [0.15, 0.2) is 24.3 Å². The van der Waals surface area contributed by atoms with E-state index >= 15 is 0 Å². The van der Waals surface area contributed by atoms with Crippen LogP contribution in [-0.4, -0.2) is 46.9 Å². The molecule has 23 heavy (non-hydrogen) atoms. The number of benzene rings is 1. The third-order valence-electron chi connectivity index (χ3n) is 4.86. The minimum absolute atomic E-state index is 0.0630. The predicted molar refractivity (Wildman–Crippen MR) is 89.3 cm³/mol. The van der Waals surface area contributed by atoms with E-state index in [-0.39, 0.29) is 24.0 Å². The van der Waals surface area contributed by atoms with Gasteiger partial charge in [-0.3, -0.25) is 4.79 Å². The maximum atomic E-state index is 12.6. The third kappa shape index (κ3) is 3.15. The van der Waals surface area contributed by atoms with Gasteiger partial charge in [-0.05, 0) is 44.4 Å². The van der Waals surface area contributed by atoms with Gasteiger partial charge >= 0.3 is 6.03 Å². The van der Waals surface area contributed by atoms with Gasteiger partial charge in [-0.15, -0.1) is 0 Å². The zero-order valence-corrected chi connectivity index (χ0v) is 14.2. The van der Waals surface area contributed by atoms with Gasteiger partial charge in [0.15, 0.2) is 0 Å². The van der Waals surface area contributed by atoms with E-state index in [9.17, 15) is 9.59 Å². The molecule has 2 fully saturated rings. The molecule has 2 aliphatic rings. The van der Waals surface area contributed by atoms with Crippen LogP contribution in [0.2, 0.25) is 5.02 Å². The summed E-state index contributed by atoms with van der Waals surface area (Å²) >= 11 is 5.89. The zero-order valence-electron chi connectivity index (χ0n) is 13.5. The Morgan fingerprint density at radius 2 is 2.04 bits per heavy atom. The molecule has 124 valence electrons. The van der Waals surface area contributed by atoms with E-state index in [0.717, 1.165) is 24.9 Å². The lowest BCUT2D eigenvalue weighted by Crippen LogP contribution is -2.61. The fraction of sp³-hybridized carbons (Fsp3) is 0.529. The maximum absolute atomic E-state index is 12.6. The van der Waals surface area contributed by atoms with Gasteiger partial charge in [0.05, 0.1) is 6.04 Å². The number of piperazine rings is 1. The largest absolute Gasteiger partial charge is 0.336 e. The maximum Gasteiger partial charge on any atom is 0.318 e. The molecule has 5 nitrogen and oxygen atoms in total. The van der Waals surface area contributed by atoms with Crippen molar-refractivity contribution in [2.45, 2.75) is 44.8 Å². The third-order valence-corrected chi connectivity index (χ3v) is 5.12. The molecule has 3 rings (SSSR count). The number of nitrogens with one attached hydrogen (secondary N) is 1. The van der Waals surface area contributed by atoms with Gasteiger partial charge in [0.25, 0.3) is 0 Å². The number of carbonyl (C=O) groups excluding carboxylic acids is 2. The quantitative estimate of drug-likeness (QED) is 0.903. The smallest absolute Gasteiger partial charge is 0.318 e. The summed E-state index contributed by atoms with van der Waals surface area (Å²) in [5.41, 5.74) is 0.987. The lowest BCUT2D eigenvalue weighted by molar-refractivity contribution is -0.140. The number of carbonyl (C=O) groups is 2. The van der Waals surface area contributed by atoms with Gasteiger partial charge in [0, 0.05) is 24.2 Å². The Balaban J connectivity index is 1.67. The summed E-state index contributed by atoms with van der Waals surface area (Å²) in [6.07, 6.45) is 2.01. The van der Waals surface area contributed by atoms with Crippen LogP contribution in [0.3, 0.4) is 0 Å². The summed E-state index contributed by atoms with van der Waals surface area (Å²) < 4.78 is 0. The van der Waals surface area contributed by atoms with E-state index in [0.29, 0.717) is 11.6 Å². The van der Waals surface area contributed by atoms with Gasteiger partial charge in [0.1, 0.15) is 6.04 Å². The summed E-state index contributed by atoms with van der Waals surface area (Å²) in [6, 6.07) is 6.88. The Bertz CT molecular complexity index is 604. The topological polar surface area (TPSA) is 52.7 Å². The van der Waals surface area contributed by atoms with Crippen molar-refractivity contribution >= 4 is 23.5 Å². The molecule has 0 bridgehead atoms. The monoisotopic (exact) mass is 335 g/mol. The first kappa shape index (κ1) is 16.1. The molecular formula is C17H22ClN3O2. The van der Waals surface area contributed by atoms with E-state index < -0.39 is 6.04 Å². The molecular weight excluding hydrogens is 314 g/mol. The lowest BCUT2D eigenvalue weighted by atomic mass is 10.1. The number of amides is 3. The van der Waals surface area contributed by atoms with Crippen LogP contribution < -0.4 is 5.32 Å². The summed E-state index contributed by atoms with van der Waals surface area (Å²) in [6.45, 7) is 5.18. The Labute approximate surface area is 141 Å². The standard InChI is InChI=1S/C17H22ClN3O2/c1-11(13-5-7-14(18)8-6-13)19-17(23)21-10-15-4-3-9-20(15)16(22)12(21)2/h5-8,11-12,15H,3-4,9-10H2,1-2H3,(H,19,23)/t11-,12-,15+/m0/s1. The summed E-state index contributed by atoms with van der Waals surface area (Å²) in [5, 5.41) is 3.66. The molecule has 1 N–H and O–H groups in total. The van der Waals surface area contributed by atoms with Gasteiger partial charge in [-0.1, -0.05) is 23.7 Å². The molecule has 0 spiro atoms. The molecule has 0 aliphatic carbocycles. The fourth-order valence-electron chi connectivity index (χ4n) is 3.44. The molecule has 2 heterocycles. The van der Waals surface area contributed by atoms with E-state index in [1.54, 1.807) is 4.90 Å². The van der Waals surface area contributed by atoms with Crippen LogP contribution in [0.4, 0.5) is 4.79 Å². The molecule has 0 aromatic heterocycles. The zero-order chi connectivity index (χ0) is 16.6. The van der Waals surface area contributed by atoms with Gasteiger partial charge in [0.2, 0.25) is 5.91 Å². The van der Waals surface area contributed by atoms with Crippen molar-refractivity contribution in [2.75, 3.05) is 13.1 Å². The molecule has 0 unspecified atom stereocenters. The average Bonchev–Trinajstić information content (AvgIpc) is 3.00. The van der Waals surface area contributed by atoms with E-state index in [4.69, 9.17) is 11.6 Å². The molecule has 0 radical (unpaired) electrons. The minimum Gasteiger partial charge on any atom is -0.336 e. The molecule has 1 aromatic rings. The Morgan fingerprint density at radius 3 is 2.74 bits per heavy atom. The van der Waals surface area contributed by atoms with Gasteiger partial charge in [-0.25, -0.2) is 4.79 Å². The van der Waals surface area contributed by atoms with Crippen molar-refractivity contribution in [2.24, 2.45) is 0 Å². The predicted octanol–water partition coefficient (Wildman–Crippen LogP) is 2.81. The first-order valence-corrected chi connectivity index (χ1v) is 8.48. The minimum atomic E-state index is -0.401. The summed E-state index contributed by atoms with van der Waals surface area (Å²) in [7, 11) is 0. The van der Waals surface area contributed by atoms with Crippen molar-refractivity contribution in [3.05, 3.63) is 34.9 Å². The van der Waals surface area contributed by atoms with Crippen LogP contribution in [0.1, 0.15) is 38.3 Å². The molecule has 0 saturated carbocycles. The van der Waals surface area contributed by atoms with Gasteiger partial charge in [-0.2, -0.15) is 0 Å². The van der Waals surface area contributed by atoms with Crippen molar-refractivity contribution < 1.29 is 9.59 Å². The SMILES string of the molecule is C[C@H](NC(=O)N1C[C@H]2CCCN2C(=O)[C@@H]1C)c1ccc(Cl)cc1. The van der Waals surface area contributed by atoms with Crippen LogP contribution in [0.5, 0.6) is 0 Å². The van der Waals surface area contributed by atoms with E-state index in [1.165, 1.54) is 0 Å². The number of fused-ring (bicyclic) bond motifs is 1.